The number of allylic oxidation sites excluding steroid dienone is 1. The molecule has 0 aliphatic carbocycles. The van der Waals surface area contributed by atoms with Gasteiger partial charge in [-0.2, -0.15) is 0 Å². The van der Waals surface area contributed by atoms with Gasteiger partial charge in [0.05, 0.1) is 19.3 Å². The first-order valence-electron chi connectivity index (χ1n) is 10.4. The minimum Gasteiger partial charge on any atom is -0.497 e. The molecule has 32 heavy (non-hydrogen) atoms. The lowest BCUT2D eigenvalue weighted by atomic mass is 10.00. The van der Waals surface area contributed by atoms with E-state index in [2.05, 4.69) is 17.2 Å². The highest BCUT2D eigenvalue weighted by Gasteiger charge is 2.22. The van der Waals surface area contributed by atoms with Gasteiger partial charge in [-0.15, -0.1) is 6.58 Å². The predicted octanol–water partition coefficient (Wildman–Crippen LogP) is 3.81. The number of amides is 1. The van der Waals surface area contributed by atoms with E-state index in [-0.39, 0.29) is 18.5 Å². The van der Waals surface area contributed by atoms with Gasteiger partial charge in [-0.25, -0.2) is 13.6 Å². The van der Waals surface area contributed by atoms with Gasteiger partial charge >= 0.3 is 6.09 Å². The van der Waals surface area contributed by atoms with Crippen molar-refractivity contribution in [1.29, 1.82) is 0 Å². The van der Waals surface area contributed by atoms with Crippen LogP contribution in [0, 0.1) is 11.6 Å². The Morgan fingerprint density at radius 2 is 1.91 bits per heavy atom. The molecule has 2 aromatic rings. The lowest BCUT2D eigenvalue weighted by Crippen LogP contribution is -2.48. The Morgan fingerprint density at radius 1 is 1.19 bits per heavy atom. The first-order valence-corrected chi connectivity index (χ1v) is 10.4. The Kier molecular flexibility index (Phi) is 10.1. The molecule has 0 unspecified atom stereocenters. The number of methoxy groups -OCH3 is 1. The summed E-state index contributed by atoms with van der Waals surface area (Å²) < 4.78 is 32.3. The molecule has 174 valence electrons. The van der Waals surface area contributed by atoms with Gasteiger partial charge in [-0.3, -0.25) is 0 Å². The maximum atomic E-state index is 13.5. The maximum absolute atomic E-state index is 13.5. The topological polar surface area (TPSA) is 90.8 Å². The Hall–Kier alpha value is -2.97. The van der Waals surface area contributed by atoms with Crippen LogP contribution in [0.4, 0.5) is 13.6 Å². The minimum absolute atomic E-state index is 0.0597. The summed E-state index contributed by atoms with van der Waals surface area (Å²) in [4.78, 5) is 11.2. The number of unbranched alkanes of at least 4 members (excludes halogenated alkanes) is 1. The lowest BCUT2D eigenvalue weighted by molar-refractivity contribution is 0.117. The van der Waals surface area contributed by atoms with Crippen LogP contribution in [-0.2, 0) is 19.4 Å². The maximum Gasteiger partial charge on any atom is 0.404 e. The number of nitrogens with one attached hydrogen (secondary N) is 2. The van der Waals surface area contributed by atoms with Crippen molar-refractivity contribution in [1.82, 2.24) is 10.6 Å². The summed E-state index contributed by atoms with van der Waals surface area (Å²) in [6.45, 7) is 4.25. The molecule has 2 aromatic carbocycles. The zero-order valence-corrected chi connectivity index (χ0v) is 18.1. The monoisotopic (exact) mass is 448 g/mol. The molecule has 4 N–H and O–H groups in total. The van der Waals surface area contributed by atoms with Gasteiger partial charge in [-0.05, 0) is 66.6 Å². The standard InChI is InChI=1S/C24H30F2N2O4/c1-3-4-5-6-17-7-8-21(32-2)12-18(17)14-27-15-23(29)22(28-24(30)31)11-16-9-19(25)13-20(26)10-16/h3,7-10,12-13,22-23,27-29H,1,4-6,11,14-15H2,2H3,(H,30,31)/t22-,23+/m0/s1. The number of aryl methyl sites for hydroxylation is 1. The number of hydrogen-bond donors (Lipinski definition) is 4. The fourth-order valence-corrected chi connectivity index (χ4v) is 3.50. The highest BCUT2D eigenvalue weighted by Crippen LogP contribution is 2.20. The summed E-state index contributed by atoms with van der Waals surface area (Å²) in [6.07, 6.45) is 2.09. The number of aliphatic hydroxyl groups is 1. The molecule has 0 aliphatic heterocycles. The molecule has 0 spiro atoms. The van der Waals surface area contributed by atoms with Gasteiger partial charge in [0.1, 0.15) is 17.4 Å². The van der Waals surface area contributed by atoms with E-state index < -0.39 is 29.9 Å². The number of rotatable bonds is 13. The van der Waals surface area contributed by atoms with Crippen molar-refractivity contribution in [3.05, 3.63) is 77.4 Å². The molecule has 0 bridgehead atoms. The number of carbonyl (C=O) groups is 1. The third kappa shape index (κ3) is 8.28. The van der Waals surface area contributed by atoms with E-state index in [0.29, 0.717) is 12.3 Å². The summed E-state index contributed by atoms with van der Waals surface area (Å²) in [5.41, 5.74) is 2.40. The van der Waals surface area contributed by atoms with Gasteiger partial charge in [-0.1, -0.05) is 12.1 Å². The Labute approximate surface area is 186 Å². The summed E-state index contributed by atoms with van der Waals surface area (Å²) in [7, 11) is 1.59. The molecule has 0 radical (unpaired) electrons. The second-order valence-corrected chi connectivity index (χ2v) is 7.55. The Balaban J connectivity index is 2.03. The number of carboxylic acid groups (broad SMARTS) is 1. The van der Waals surface area contributed by atoms with E-state index >= 15 is 0 Å². The summed E-state index contributed by atoms with van der Waals surface area (Å²) >= 11 is 0. The summed E-state index contributed by atoms with van der Waals surface area (Å²) in [6, 6.07) is 7.85. The second-order valence-electron chi connectivity index (χ2n) is 7.55. The summed E-state index contributed by atoms with van der Waals surface area (Å²) in [5, 5.41) is 25.0. The van der Waals surface area contributed by atoms with Crippen molar-refractivity contribution in [2.24, 2.45) is 0 Å². The van der Waals surface area contributed by atoms with Crippen LogP contribution >= 0.6 is 0 Å². The van der Waals surface area contributed by atoms with Crippen molar-refractivity contribution >= 4 is 6.09 Å². The Bertz CT molecular complexity index is 887. The van der Waals surface area contributed by atoms with Crippen LogP contribution in [0.1, 0.15) is 29.5 Å². The molecule has 0 fully saturated rings. The molecule has 1 amide bonds. The first-order chi connectivity index (χ1) is 15.3. The average molecular weight is 449 g/mol. The normalized spacial score (nSPS) is 12.8. The molecular formula is C24H30F2N2O4. The third-order valence-electron chi connectivity index (χ3n) is 5.09. The molecule has 0 saturated heterocycles. The van der Waals surface area contributed by atoms with Crippen molar-refractivity contribution in [3.63, 3.8) is 0 Å². The molecule has 6 nitrogen and oxygen atoms in total. The number of benzene rings is 2. The predicted molar refractivity (Wildman–Crippen MR) is 119 cm³/mol. The van der Waals surface area contributed by atoms with Crippen LogP contribution in [0.2, 0.25) is 0 Å². The zero-order chi connectivity index (χ0) is 23.5. The first kappa shape index (κ1) is 25.3. The van der Waals surface area contributed by atoms with Crippen LogP contribution in [-0.4, -0.2) is 42.1 Å². The number of halogens is 2. The van der Waals surface area contributed by atoms with Crippen molar-refractivity contribution in [2.75, 3.05) is 13.7 Å². The van der Waals surface area contributed by atoms with Crippen molar-refractivity contribution in [2.45, 2.75) is 44.4 Å². The molecular weight excluding hydrogens is 418 g/mol. The van der Waals surface area contributed by atoms with Gasteiger partial charge < -0.3 is 25.6 Å². The summed E-state index contributed by atoms with van der Waals surface area (Å²) in [5.74, 6) is -0.805. The molecule has 0 aromatic heterocycles. The van der Waals surface area contributed by atoms with Crippen LogP contribution in [0.3, 0.4) is 0 Å². The number of aliphatic hydroxyl groups excluding tert-OH is 1. The molecule has 2 atom stereocenters. The molecule has 2 rings (SSSR count). The van der Waals surface area contributed by atoms with E-state index in [1.54, 1.807) is 7.11 Å². The smallest absolute Gasteiger partial charge is 0.404 e. The fourth-order valence-electron chi connectivity index (χ4n) is 3.50. The average Bonchev–Trinajstić information content (AvgIpc) is 2.73. The van der Waals surface area contributed by atoms with Gasteiger partial charge in [0.15, 0.2) is 0 Å². The SMILES string of the molecule is C=CCCCc1ccc(OC)cc1CNC[C@@H](O)[C@H](Cc1cc(F)cc(F)c1)NC(=O)O. The minimum atomic E-state index is -1.33. The quantitative estimate of drug-likeness (QED) is 0.276. The number of ether oxygens (including phenoxy) is 1. The van der Waals surface area contributed by atoms with Gasteiger partial charge in [0, 0.05) is 19.2 Å². The van der Waals surface area contributed by atoms with Gasteiger partial charge in [0.2, 0.25) is 0 Å². The molecule has 0 saturated carbocycles. The van der Waals surface area contributed by atoms with Gasteiger partial charge in [0.25, 0.3) is 0 Å². The van der Waals surface area contributed by atoms with Crippen LogP contribution in [0.25, 0.3) is 0 Å². The van der Waals surface area contributed by atoms with E-state index in [4.69, 9.17) is 9.84 Å². The number of hydrogen-bond acceptors (Lipinski definition) is 4. The molecule has 8 heteroatoms. The zero-order valence-electron chi connectivity index (χ0n) is 18.1. The highest BCUT2D eigenvalue weighted by atomic mass is 19.1. The molecule has 0 aliphatic rings. The van der Waals surface area contributed by atoms with E-state index in [1.807, 2.05) is 24.3 Å². The Morgan fingerprint density at radius 3 is 2.53 bits per heavy atom. The van der Waals surface area contributed by atoms with Crippen molar-refractivity contribution < 1.29 is 28.5 Å². The van der Waals surface area contributed by atoms with Crippen LogP contribution in [0.5, 0.6) is 5.75 Å². The van der Waals surface area contributed by atoms with E-state index in [9.17, 15) is 18.7 Å². The molecule has 0 heterocycles. The van der Waals surface area contributed by atoms with E-state index in [1.165, 1.54) is 0 Å². The third-order valence-corrected chi connectivity index (χ3v) is 5.09. The largest absolute Gasteiger partial charge is 0.497 e. The van der Waals surface area contributed by atoms with Crippen LogP contribution < -0.4 is 15.4 Å². The van der Waals surface area contributed by atoms with Crippen molar-refractivity contribution in [3.8, 4) is 5.75 Å². The van der Waals surface area contributed by atoms with E-state index in [0.717, 1.165) is 48.6 Å². The lowest BCUT2D eigenvalue weighted by Gasteiger charge is -2.24. The van der Waals surface area contributed by atoms with Crippen LogP contribution in [0.15, 0.2) is 49.1 Å². The second kappa shape index (κ2) is 12.8. The highest BCUT2D eigenvalue weighted by molar-refractivity contribution is 5.65. The fraction of sp³-hybridized carbons (Fsp3) is 0.375.